The summed E-state index contributed by atoms with van der Waals surface area (Å²) in [5, 5.41) is 10.2. The molecule has 2 rings (SSSR count). The molecule has 0 spiro atoms. The highest BCUT2D eigenvalue weighted by atomic mass is 79.9. The van der Waals surface area contributed by atoms with Gasteiger partial charge in [0.1, 0.15) is 11.9 Å². The first-order valence-electron chi connectivity index (χ1n) is 5.12. The highest BCUT2D eigenvalue weighted by molar-refractivity contribution is 9.10. The number of aromatic nitrogens is 1. The molecule has 0 fully saturated rings. The lowest BCUT2D eigenvalue weighted by Crippen LogP contribution is -2.03. The first-order chi connectivity index (χ1) is 8.08. The van der Waals surface area contributed by atoms with E-state index in [9.17, 15) is 9.50 Å². The summed E-state index contributed by atoms with van der Waals surface area (Å²) >= 11 is 3.21. The van der Waals surface area contributed by atoms with E-state index < -0.39 is 6.10 Å². The number of nitrogens with zero attached hydrogens (tertiary/aromatic N) is 1. The van der Waals surface area contributed by atoms with Crippen molar-refractivity contribution in [2.45, 2.75) is 13.0 Å². The zero-order valence-corrected chi connectivity index (χ0v) is 10.8. The highest BCUT2D eigenvalue weighted by Crippen LogP contribution is 2.26. The molecule has 4 heteroatoms. The van der Waals surface area contributed by atoms with Gasteiger partial charge in [0.25, 0.3) is 0 Å². The number of hydrogen-bond donors (Lipinski definition) is 1. The Bertz CT molecular complexity index is 524. The quantitative estimate of drug-likeness (QED) is 0.921. The van der Waals surface area contributed by atoms with E-state index in [1.807, 2.05) is 13.0 Å². The Kier molecular flexibility index (Phi) is 3.54. The predicted octanol–water partition coefficient (Wildman–Crippen LogP) is 3.37. The number of aliphatic hydroxyl groups is 1. The van der Waals surface area contributed by atoms with Gasteiger partial charge in [-0.15, -0.1) is 0 Å². The monoisotopic (exact) mass is 295 g/mol. The number of halogens is 2. The molecule has 2 nitrogen and oxygen atoms in total. The molecule has 1 aromatic carbocycles. The number of benzene rings is 1. The van der Waals surface area contributed by atoms with Crippen LogP contribution in [0.3, 0.4) is 0 Å². The summed E-state index contributed by atoms with van der Waals surface area (Å²) in [5.74, 6) is -0.380. The van der Waals surface area contributed by atoms with Crippen LogP contribution in [0.4, 0.5) is 4.39 Å². The lowest BCUT2D eigenvalue weighted by Gasteiger charge is -2.13. The second-order valence-electron chi connectivity index (χ2n) is 3.84. The van der Waals surface area contributed by atoms with Crippen LogP contribution in [0, 0.1) is 12.7 Å². The topological polar surface area (TPSA) is 33.1 Å². The molecule has 1 aromatic heterocycles. The normalized spacial score (nSPS) is 12.5. The fourth-order valence-corrected chi connectivity index (χ4v) is 2.16. The minimum atomic E-state index is -0.865. The Balaban J connectivity index is 2.43. The summed E-state index contributed by atoms with van der Waals surface area (Å²) in [6, 6.07) is 6.18. The van der Waals surface area contributed by atoms with E-state index in [2.05, 4.69) is 20.9 Å². The van der Waals surface area contributed by atoms with Crippen LogP contribution in [-0.4, -0.2) is 10.1 Å². The highest BCUT2D eigenvalue weighted by Gasteiger charge is 2.14. The maximum atomic E-state index is 13.2. The number of pyridine rings is 1. The van der Waals surface area contributed by atoms with Crippen LogP contribution in [0.15, 0.2) is 41.1 Å². The Labute approximate surface area is 107 Å². The summed E-state index contributed by atoms with van der Waals surface area (Å²) in [6.07, 6.45) is 2.39. The second-order valence-corrected chi connectivity index (χ2v) is 4.75. The van der Waals surface area contributed by atoms with Crippen molar-refractivity contribution < 1.29 is 9.50 Å². The predicted molar refractivity (Wildman–Crippen MR) is 67.1 cm³/mol. The van der Waals surface area contributed by atoms with E-state index in [4.69, 9.17) is 0 Å². The molecular weight excluding hydrogens is 285 g/mol. The average molecular weight is 296 g/mol. The number of hydrogen-bond acceptors (Lipinski definition) is 2. The standard InChI is InChI=1S/C13H11BrFNO/c1-8-2-3-16-7-12(8)13(17)9-4-10(14)6-11(15)5-9/h2-7,13,17H,1H3. The molecule has 1 heterocycles. The fraction of sp³-hybridized carbons (Fsp3) is 0.154. The molecule has 0 amide bonds. The van der Waals surface area contributed by atoms with E-state index in [0.29, 0.717) is 15.6 Å². The van der Waals surface area contributed by atoms with Crippen molar-refractivity contribution in [2.75, 3.05) is 0 Å². The summed E-state index contributed by atoms with van der Waals surface area (Å²) in [4.78, 5) is 3.97. The second kappa shape index (κ2) is 4.94. The summed E-state index contributed by atoms with van der Waals surface area (Å²) in [7, 11) is 0. The van der Waals surface area contributed by atoms with Crippen molar-refractivity contribution in [3.05, 3.63) is 63.6 Å². The summed E-state index contributed by atoms with van der Waals surface area (Å²) in [5.41, 5.74) is 2.12. The van der Waals surface area contributed by atoms with Gasteiger partial charge in [-0.25, -0.2) is 4.39 Å². The zero-order chi connectivity index (χ0) is 12.4. The van der Waals surface area contributed by atoms with E-state index in [-0.39, 0.29) is 5.82 Å². The van der Waals surface area contributed by atoms with Gasteiger partial charge in [-0.2, -0.15) is 0 Å². The molecule has 0 bridgehead atoms. The van der Waals surface area contributed by atoms with Crippen LogP contribution in [0.25, 0.3) is 0 Å². The molecule has 0 saturated carbocycles. The minimum absolute atomic E-state index is 0.380. The van der Waals surface area contributed by atoms with Crippen molar-refractivity contribution >= 4 is 15.9 Å². The number of rotatable bonds is 2. The Morgan fingerprint density at radius 1 is 1.35 bits per heavy atom. The van der Waals surface area contributed by atoms with Crippen LogP contribution in [0.1, 0.15) is 22.8 Å². The lowest BCUT2D eigenvalue weighted by molar-refractivity contribution is 0.218. The smallest absolute Gasteiger partial charge is 0.124 e. The molecule has 0 aliphatic carbocycles. The Morgan fingerprint density at radius 2 is 2.12 bits per heavy atom. The molecule has 2 aromatic rings. The van der Waals surface area contributed by atoms with Crippen LogP contribution in [-0.2, 0) is 0 Å². The molecule has 0 aliphatic heterocycles. The molecule has 1 atom stereocenters. The largest absolute Gasteiger partial charge is 0.384 e. The van der Waals surface area contributed by atoms with Crippen molar-refractivity contribution in [3.8, 4) is 0 Å². The maximum Gasteiger partial charge on any atom is 0.124 e. The van der Waals surface area contributed by atoms with Gasteiger partial charge >= 0.3 is 0 Å². The van der Waals surface area contributed by atoms with Gasteiger partial charge in [0, 0.05) is 22.4 Å². The lowest BCUT2D eigenvalue weighted by atomic mass is 9.99. The maximum absolute atomic E-state index is 13.2. The van der Waals surface area contributed by atoms with Gasteiger partial charge in [-0.05, 0) is 42.3 Å². The van der Waals surface area contributed by atoms with Gasteiger partial charge in [0.2, 0.25) is 0 Å². The molecule has 1 N–H and O–H groups in total. The Hall–Kier alpha value is -1.26. The van der Waals surface area contributed by atoms with Crippen LogP contribution in [0.5, 0.6) is 0 Å². The third kappa shape index (κ3) is 2.70. The molecule has 0 aliphatic rings. The molecular formula is C13H11BrFNO. The van der Waals surface area contributed by atoms with Crippen molar-refractivity contribution in [2.24, 2.45) is 0 Å². The molecule has 88 valence electrons. The van der Waals surface area contributed by atoms with E-state index in [1.165, 1.54) is 12.1 Å². The number of aliphatic hydroxyl groups excluding tert-OH is 1. The first-order valence-corrected chi connectivity index (χ1v) is 5.92. The number of aryl methyl sites for hydroxylation is 1. The van der Waals surface area contributed by atoms with Crippen molar-refractivity contribution in [3.63, 3.8) is 0 Å². The van der Waals surface area contributed by atoms with Crippen LogP contribution < -0.4 is 0 Å². The van der Waals surface area contributed by atoms with E-state index >= 15 is 0 Å². The van der Waals surface area contributed by atoms with Gasteiger partial charge in [0.05, 0.1) is 0 Å². The molecule has 0 saturated heterocycles. The van der Waals surface area contributed by atoms with E-state index in [0.717, 1.165) is 5.56 Å². The summed E-state index contributed by atoms with van der Waals surface area (Å²) < 4.78 is 13.9. The SMILES string of the molecule is Cc1ccncc1C(O)c1cc(F)cc(Br)c1. The first kappa shape index (κ1) is 12.2. The van der Waals surface area contributed by atoms with Gasteiger partial charge in [-0.1, -0.05) is 15.9 Å². The third-order valence-electron chi connectivity index (χ3n) is 2.57. The average Bonchev–Trinajstić information content (AvgIpc) is 2.27. The third-order valence-corrected chi connectivity index (χ3v) is 3.03. The van der Waals surface area contributed by atoms with Crippen molar-refractivity contribution in [1.29, 1.82) is 0 Å². The Morgan fingerprint density at radius 3 is 2.76 bits per heavy atom. The molecule has 17 heavy (non-hydrogen) atoms. The molecule has 0 radical (unpaired) electrons. The van der Waals surface area contributed by atoms with Crippen LogP contribution >= 0.6 is 15.9 Å². The van der Waals surface area contributed by atoms with E-state index in [1.54, 1.807) is 18.5 Å². The minimum Gasteiger partial charge on any atom is -0.384 e. The van der Waals surface area contributed by atoms with Gasteiger partial charge in [-0.3, -0.25) is 4.98 Å². The molecule has 1 unspecified atom stereocenters. The van der Waals surface area contributed by atoms with Gasteiger partial charge in [0.15, 0.2) is 0 Å². The summed E-state index contributed by atoms with van der Waals surface area (Å²) in [6.45, 7) is 1.88. The van der Waals surface area contributed by atoms with Gasteiger partial charge < -0.3 is 5.11 Å². The zero-order valence-electron chi connectivity index (χ0n) is 9.19. The van der Waals surface area contributed by atoms with Crippen molar-refractivity contribution in [1.82, 2.24) is 4.98 Å². The van der Waals surface area contributed by atoms with Crippen LogP contribution in [0.2, 0.25) is 0 Å². The fourth-order valence-electron chi connectivity index (χ4n) is 1.68.